The summed E-state index contributed by atoms with van der Waals surface area (Å²) in [6.07, 6.45) is -0.274. The van der Waals surface area contributed by atoms with Gasteiger partial charge in [0.2, 0.25) is 5.91 Å². The third kappa shape index (κ3) is 4.47. The number of carbonyl (C=O) groups is 2. The molecule has 6 heteroatoms. The lowest BCUT2D eigenvalue weighted by atomic mass is 10.1. The number of hydrogen-bond donors (Lipinski definition) is 1. The van der Waals surface area contributed by atoms with Gasteiger partial charge in [0.05, 0.1) is 12.6 Å². The number of rotatable bonds is 4. The molecular weight excluding hydrogens is 306 g/mol. The number of benzene rings is 1. The molecule has 1 aromatic carbocycles. The van der Waals surface area contributed by atoms with Gasteiger partial charge in [-0.2, -0.15) is 0 Å². The monoisotopic (exact) mass is 333 g/mol. The van der Waals surface area contributed by atoms with Gasteiger partial charge in [0, 0.05) is 31.9 Å². The van der Waals surface area contributed by atoms with E-state index < -0.39 is 0 Å². The van der Waals surface area contributed by atoms with Crippen molar-refractivity contribution < 1.29 is 14.3 Å². The summed E-state index contributed by atoms with van der Waals surface area (Å²) in [4.78, 5) is 28.0. The first kappa shape index (κ1) is 18.3. The molecule has 0 saturated carbocycles. The fourth-order valence-corrected chi connectivity index (χ4v) is 2.86. The van der Waals surface area contributed by atoms with Crippen molar-refractivity contribution in [2.24, 2.45) is 0 Å². The summed E-state index contributed by atoms with van der Waals surface area (Å²) in [5.41, 5.74) is 3.08. The molecule has 0 spiro atoms. The lowest BCUT2D eigenvalue weighted by molar-refractivity contribution is -0.121. The highest BCUT2D eigenvalue weighted by Gasteiger charge is 2.28. The van der Waals surface area contributed by atoms with Crippen LogP contribution in [-0.2, 0) is 9.53 Å². The first-order valence-corrected chi connectivity index (χ1v) is 8.46. The second kappa shape index (κ2) is 8.15. The van der Waals surface area contributed by atoms with Gasteiger partial charge in [0.15, 0.2) is 0 Å². The summed E-state index contributed by atoms with van der Waals surface area (Å²) in [7, 11) is 0. The number of nitrogens with zero attached hydrogens (tertiary/aromatic N) is 2. The van der Waals surface area contributed by atoms with Crippen molar-refractivity contribution in [2.45, 2.75) is 33.7 Å². The molecule has 0 unspecified atom stereocenters. The second-order valence-corrected chi connectivity index (χ2v) is 6.21. The Balaban J connectivity index is 1.89. The zero-order valence-corrected chi connectivity index (χ0v) is 15.0. The number of ether oxygens (including phenoxy) is 1. The van der Waals surface area contributed by atoms with Crippen LogP contribution in [0.15, 0.2) is 18.2 Å². The summed E-state index contributed by atoms with van der Waals surface area (Å²) < 4.78 is 5.02. The summed E-state index contributed by atoms with van der Waals surface area (Å²) in [5, 5.41) is 3.00. The minimum absolute atomic E-state index is 0.0217. The van der Waals surface area contributed by atoms with Crippen LogP contribution in [-0.4, -0.2) is 60.6 Å². The molecule has 0 bridgehead atoms. The van der Waals surface area contributed by atoms with E-state index in [4.69, 9.17) is 4.74 Å². The quantitative estimate of drug-likeness (QED) is 0.919. The molecular formula is C18H27N3O3. The Morgan fingerprint density at radius 2 is 1.88 bits per heavy atom. The molecule has 0 radical (unpaired) electrons. The molecule has 2 amide bonds. The largest absolute Gasteiger partial charge is 0.450 e. The number of hydrogen-bond acceptors (Lipinski definition) is 4. The zero-order valence-electron chi connectivity index (χ0n) is 15.0. The molecule has 0 aliphatic carbocycles. The summed E-state index contributed by atoms with van der Waals surface area (Å²) in [6, 6.07) is 5.74. The van der Waals surface area contributed by atoms with Crippen molar-refractivity contribution in [2.75, 3.05) is 38.1 Å². The molecule has 1 aliphatic heterocycles. The molecule has 2 rings (SSSR count). The molecule has 1 heterocycles. The van der Waals surface area contributed by atoms with Gasteiger partial charge in [-0.1, -0.05) is 17.7 Å². The highest BCUT2D eigenvalue weighted by Crippen LogP contribution is 2.17. The number of piperazine rings is 1. The molecule has 1 N–H and O–H groups in total. The van der Waals surface area contributed by atoms with Gasteiger partial charge in [0.25, 0.3) is 0 Å². The number of nitrogens with one attached hydrogen (secondary N) is 1. The van der Waals surface area contributed by atoms with E-state index in [0.717, 1.165) is 11.3 Å². The van der Waals surface area contributed by atoms with E-state index in [-0.39, 0.29) is 18.0 Å². The number of aryl methyl sites for hydroxylation is 2. The van der Waals surface area contributed by atoms with Crippen LogP contribution in [0.4, 0.5) is 10.5 Å². The average Bonchev–Trinajstić information content (AvgIpc) is 2.57. The lowest BCUT2D eigenvalue weighted by Gasteiger charge is -2.36. The molecule has 1 aliphatic rings. The van der Waals surface area contributed by atoms with Gasteiger partial charge in [-0.05, 0) is 39.3 Å². The van der Waals surface area contributed by atoms with E-state index in [1.165, 1.54) is 5.56 Å². The van der Waals surface area contributed by atoms with E-state index in [9.17, 15) is 9.59 Å². The van der Waals surface area contributed by atoms with Crippen molar-refractivity contribution in [1.29, 1.82) is 0 Å². The first-order chi connectivity index (χ1) is 11.4. The van der Waals surface area contributed by atoms with Crippen LogP contribution >= 0.6 is 0 Å². The van der Waals surface area contributed by atoms with Gasteiger partial charge in [-0.3, -0.25) is 9.69 Å². The Labute approximate surface area is 143 Å². The van der Waals surface area contributed by atoms with Crippen molar-refractivity contribution in [1.82, 2.24) is 9.80 Å². The maximum Gasteiger partial charge on any atom is 0.409 e. The minimum atomic E-state index is -0.274. The summed E-state index contributed by atoms with van der Waals surface area (Å²) in [6.45, 7) is 10.6. The highest BCUT2D eigenvalue weighted by molar-refractivity contribution is 5.95. The SMILES string of the molecule is CCOC(=O)N1CCN([C@H](C)C(=O)Nc2ccc(C)cc2C)CC1. The Hall–Kier alpha value is -2.08. The van der Waals surface area contributed by atoms with Crippen LogP contribution in [0.1, 0.15) is 25.0 Å². The molecule has 1 aromatic rings. The third-order valence-corrected chi connectivity index (χ3v) is 4.41. The van der Waals surface area contributed by atoms with Crippen molar-refractivity contribution in [3.05, 3.63) is 29.3 Å². The predicted octanol–water partition coefficient (Wildman–Crippen LogP) is 2.40. The molecule has 132 valence electrons. The Morgan fingerprint density at radius 3 is 2.46 bits per heavy atom. The topological polar surface area (TPSA) is 61.9 Å². The maximum atomic E-state index is 12.5. The fraction of sp³-hybridized carbons (Fsp3) is 0.556. The third-order valence-electron chi connectivity index (χ3n) is 4.41. The van der Waals surface area contributed by atoms with Crippen molar-refractivity contribution >= 4 is 17.7 Å². The van der Waals surface area contributed by atoms with Crippen LogP contribution in [0, 0.1) is 13.8 Å². The summed E-state index contributed by atoms with van der Waals surface area (Å²) in [5.74, 6) is -0.0217. The van der Waals surface area contributed by atoms with Gasteiger partial charge >= 0.3 is 6.09 Å². The Bertz CT molecular complexity index is 595. The van der Waals surface area contributed by atoms with Crippen LogP contribution in [0.3, 0.4) is 0 Å². The van der Waals surface area contributed by atoms with Crippen LogP contribution in [0.25, 0.3) is 0 Å². The molecule has 1 saturated heterocycles. The van der Waals surface area contributed by atoms with Gasteiger partial charge in [0.1, 0.15) is 0 Å². The van der Waals surface area contributed by atoms with Crippen LogP contribution < -0.4 is 5.32 Å². The maximum absolute atomic E-state index is 12.5. The second-order valence-electron chi connectivity index (χ2n) is 6.21. The molecule has 1 fully saturated rings. The molecule has 1 atom stereocenters. The van der Waals surface area contributed by atoms with Crippen molar-refractivity contribution in [3.8, 4) is 0 Å². The summed E-state index contributed by atoms with van der Waals surface area (Å²) >= 11 is 0. The molecule has 0 aromatic heterocycles. The zero-order chi connectivity index (χ0) is 17.7. The predicted molar refractivity (Wildman–Crippen MR) is 94.2 cm³/mol. The van der Waals surface area contributed by atoms with Gasteiger partial charge in [-0.25, -0.2) is 4.79 Å². The van der Waals surface area contributed by atoms with Crippen LogP contribution in [0.2, 0.25) is 0 Å². The van der Waals surface area contributed by atoms with Crippen molar-refractivity contribution in [3.63, 3.8) is 0 Å². The number of anilines is 1. The van der Waals surface area contributed by atoms with E-state index in [2.05, 4.69) is 16.3 Å². The van der Waals surface area contributed by atoms with Gasteiger partial charge < -0.3 is 15.0 Å². The fourth-order valence-electron chi connectivity index (χ4n) is 2.86. The normalized spacial score (nSPS) is 16.6. The molecule has 24 heavy (non-hydrogen) atoms. The van der Waals surface area contributed by atoms with E-state index in [1.807, 2.05) is 32.9 Å². The molecule has 6 nitrogen and oxygen atoms in total. The lowest BCUT2D eigenvalue weighted by Crippen LogP contribution is -2.54. The smallest absolute Gasteiger partial charge is 0.409 e. The highest BCUT2D eigenvalue weighted by atomic mass is 16.6. The average molecular weight is 333 g/mol. The van der Waals surface area contributed by atoms with E-state index in [1.54, 1.807) is 11.8 Å². The van der Waals surface area contributed by atoms with E-state index in [0.29, 0.717) is 32.8 Å². The minimum Gasteiger partial charge on any atom is -0.450 e. The van der Waals surface area contributed by atoms with Gasteiger partial charge in [-0.15, -0.1) is 0 Å². The Kier molecular flexibility index (Phi) is 6.20. The first-order valence-electron chi connectivity index (χ1n) is 8.46. The standard InChI is InChI=1S/C18H27N3O3/c1-5-24-18(23)21-10-8-20(9-11-21)15(4)17(22)19-16-7-6-13(2)12-14(16)3/h6-7,12,15H,5,8-11H2,1-4H3,(H,19,22)/t15-/m1/s1. The van der Waals surface area contributed by atoms with E-state index >= 15 is 0 Å². The number of carbonyl (C=O) groups excluding carboxylic acids is 2. The van der Waals surface area contributed by atoms with Crippen LogP contribution in [0.5, 0.6) is 0 Å². The number of amides is 2. The Morgan fingerprint density at radius 1 is 1.21 bits per heavy atom.